The number of nitrogens with one attached hydrogen (secondary N) is 2. The maximum absolute atomic E-state index is 11.9. The van der Waals surface area contributed by atoms with Crippen molar-refractivity contribution in [2.75, 3.05) is 10.6 Å². The van der Waals surface area contributed by atoms with Crippen LogP contribution in [0, 0.1) is 6.92 Å². The average Bonchev–Trinajstić information content (AvgIpc) is 2.56. The third-order valence-electron chi connectivity index (χ3n) is 3.55. The van der Waals surface area contributed by atoms with Crippen molar-refractivity contribution in [2.24, 2.45) is 0 Å². The molecule has 0 spiro atoms. The lowest BCUT2D eigenvalue weighted by molar-refractivity contribution is -0.132. The predicted molar refractivity (Wildman–Crippen MR) is 93.5 cm³/mol. The first-order valence-electron chi connectivity index (χ1n) is 7.86. The largest absolute Gasteiger partial charge is 0.318 e. The number of carbonyl (C=O) groups is 2. The van der Waals surface area contributed by atoms with E-state index in [4.69, 9.17) is 0 Å². The first-order valence-corrected chi connectivity index (χ1v) is 7.86. The zero-order valence-corrected chi connectivity index (χ0v) is 13.6. The van der Waals surface area contributed by atoms with Gasteiger partial charge >= 0.3 is 11.8 Å². The van der Waals surface area contributed by atoms with Gasteiger partial charge in [0.2, 0.25) is 0 Å². The molecule has 0 aromatic heterocycles. The molecule has 0 fully saturated rings. The fourth-order valence-electron chi connectivity index (χ4n) is 2.15. The minimum Gasteiger partial charge on any atom is -0.318 e. The highest BCUT2D eigenvalue weighted by Crippen LogP contribution is 2.12. The van der Waals surface area contributed by atoms with Gasteiger partial charge in [0.05, 0.1) is 0 Å². The maximum atomic E-state index is 11.9. The maximum Gasteiger partial charge on any atom is 0.314 e. The zero-order valence-electron chi connectivity index (χ0n) is 13.6. The monoisotopic (exact) mass is 310 g/mol. The molecule has 0 aliphatic carbocycles. The lowest BCUT2D eigenvalue weighted by Gasteiger charge is -2.07. The normalized spacial score (nSPS) is 10.2. The molecule has 0 saturated heterocycles. The highest BCUT2D eigenvalue weighted by Gasteiger charge is 2.13. The second-order valence-electron chi connectivity index (χ2n) is 5.57. The summed E-state index contributed by atoms with van der Waals surface area (Å²) in [5.41, 5.74) is 3.55. The smallest absolute Gasteiger partial charge is 0.314 e. The molecule has 4 nitrogen and oxygen atoms in total. The number of aryl methyl sites for hydroxylation is 2. The lowest BCUT2D eigenvalue weighted by atomic mass is 10.1. The Morgan fingerprint density at radius 1 is 0.826 bits per heavy atom. The molecule has 0 aliphatic heterocycles. The number of hydrogen-bond donors (Lipinski definition) is 2. The number of rotatable bonds is 5. The summed E-state index contributed by atoms with van der Waals surface area (Å²) >= 11 is 0. The molecule has 0 saturated carbocycles. The molecule has 0 aliphatic rings. The van der Waals surface area contributed by atoms with Crippen LogP contribution in [0.2, 0.25) is 0 Å². The summed E-state index contributed by atoms with van der Waals surface area (Å²) in [6, 6.07) is 14.9. The Labute approximate surface area is 136 Å². The molecule has 0 bridgehead atoms. The highest BCUT2D eigenvalue weighted by atomic mass is 16.2. The van der Waals surface area contributed by atoms with Crippen LogP contribution in [0.4, 0.5) is 11.4 Å². The minimum atomic E-state index is -0.677. The third-order valence-corrected chi connectivity index (χ3v) is 3.55. The van der Waals surface area contributed by atoms with E-state index in [0.717, 1.165) is 24.8 Å². The summed E-state index contributed by atoms with van der Waals surface area (Å²) in [6.07, 6.45) is 3.32. The van der Waals surface area contributed by atoms with E-state index in [0.29, 0.717) is 11.4 Å². The first kappa shape index (κ1) is 16.7. The van der Waals surface area contributed by atoms with Crippen molar-refractivity contribution in [3.8, 4) is 0 Å². The summed E-state index contributed by atoms with van der Waals surface area (Å²) in [5, 5.41) is 5.18. The highest BCUT2D eigenvalue weighted by molar-refractivity contribution is 6.43. The number of anilines is 2. The summed E-state index contributed by atoms with van der Waals surface area (Å²) in [6.45, 7) is 4.11. The number of hydrogen-bond acceptors (Lipinski definition) is 2. The molecular formula is C19H22N2O2. The van der Waals surface area contributed by atoms with E-state index in [1.807, 2.05) is 43.3 Å². The van der Waals surface area contributed by atoms with E-state index in [-0.39, 0.29) is 0 Å². The molecular weight excluding hydrogens is 288 g/mol. The van der Waals surface area contributed by atoms with Gasteiger partial charge in [-0.15, -0.1) is 0 Å². The van der Waals surface area contributed by atoms with Gasteiger partial charge < -0.3 is 10.6 Å². The van der Waals surface area contributed by atoms with Gasteiger partial charge in [-0.05, 0) is 49.6 Å². The molecule has 0 unspecified atom stereocenters. The quantitative estimate of drug-likeness (QED) is 0.822. The van der Waals surface area contributed by atoms with Gasteiger partial charge in [0.15, 0.2) is 0 Å². The van der Waals surface area contributed by atoms with Gasteiger partial charge in [-0.25, -0.2) is 0 Å². The van der Waals surface area contributed by atoms with Gasteiger partial charge in [-0.1, -0.05) is 43.2 Å². The van der Waals surface area contributed by atoms with Crippen molar-refractivity contribution in [2.45, 2.75) is 33.1 Å². The van der Waals surface area contributed by atoms with Gasteiger partial charge in [-0.2, -0.15) is 0 Å². The molecule has 2 aromatic rings. The summed E-state index contributed by atoms with van der Waals surface area (Å²) in [7, 11) is 0. The summed E-state index contributed by atoms with van der Waals surface area (Å²) in [5.74, 6) is -1.35. The molecule has 2 amide bonds. The van der Waals surface area contributed by atoms with Crippen molar-refractivity contribution >= 4 is 23.2 Å². The Morgan fingerprint density at radius 3 is 1.78 bits per heavy atom. The van der Waals surface area contributed by atoms with Crippen LogP contribution in [0.25, 0.3) is 0 Å². The van der Waals surface area contributed by atoms with E-state index in [9.17, 15) is 9.59 Å². The fraction of sp³-hybridized carbons (Fsp3) is 0.263. The summed E-state index contributed by atoms with van der Waals surface area (Å²) in [4.78, 5) is 23.8. The van der Waals surface area contributed by atoms with Crippen LogP contribution in [0.1, 0.15) is 30.9 Å². The second-order valence-corrected chi connectivity index (χ2v) is 5.57. The van der Waals surface area contributed by atoms with Crippen LogP contribution in [0.5, 0.6) is 0 Å². The lowest BCUT2D eigenvalue weighted by Crippen LogP contribution is -2.29. The van der Waals surface area contributed by atoms with Crippen LogP contribution < -0.4 is 10.6 Å². The Hall–Kier alpha value is -2.62. The van der Waals surface area contributed by atoms with Crippen LogP contribution >= 0.6 is 0 Å². The van der Waals surface area contributed by atoms with E-state index < -0.39 is 11.8 Å². The SMILES string of the molecule is CCCCc1ccc(NC(=O)C(=O)Nc2ccc(C)cc2)cc1. The topological polar surface area (TPSA) is 58.2 Å². The van der Waals surface area contributed by atoms with Gasteiger partial charge in [0.25, 0.3) is 0 Å². The van der Waals surface area contributed by atoms with E-state index in [1.165, 1.54) is 5.56 Å². The Morgan fingerprint density at radius 2 is 1.30 bits per heavy atom. The Bertz CT molecular complexity index is 661. The van der Waals surface area contributed by atoms with Crippen molar-refractivity contribution in [3.63, 3.8) is 0 Å². The van der Waals surface area contributed by atoms with E-state index in [1.54, 1.807) is 12.1 Å². The van der Waals surface area contributed by atoms with E-state index in [2.05, 4.69) is 17.6 Å². The van der Waals surface area contributed by atoms with Crippen LogP contribution in [-0.4, -0.2) is 11.8 Å². The first-order chi connectivity index (χ1) is 11.1. The number of carbonyl (C=O) groups excluding carboxylic acids is 2. The zero-order chi connectivity index (χ0) is 16.7. The molecule has 2 rings (SSSR count). The molecule has 0 atom stereocenters. The Kier molecular flexibility index (Phi) is 5.92. The Balaban J connectivity index is 1.90. The van der Waals surface area contributed by atoms with E-state index >= 15 is 0 Å². The van der Waals surface area contributed by atoms with Crippen molar-refractivity contribution in [1.82, 2.24) is 0 Å². The number of amides is 2. The van der Waals surface area contributed by atoms with Crippen molar-refractivity contribution in [3.05, 3.63) is 59.7 Å². The third kappa shape index (κ3) is 5.25. The standard InChI is InChI=1S/C19H22N2O2/c1-3-4-5-15-8-12-17(13-9-15)21-19(23)18(22)20-16-10-6-14(2)7-11-16/h6-13H,3-5H2,1-2H3,(H,20,22)(H,21,23). The molecule has 0 heterocycles. The predicted octanol–water partition coefficient (Wildman–Crippen LogP) is 3.91. The van der Waals surface area contributed by atoms with Crippen molar-refractivity contribution < 1.29 is 9.59 Å². The molecule has 0 radical (unpaired) electrons. The van der Waals surface area contributed by atoms with Crippen LogP contribution in [-0.2, 0) is 16.0 Å². The van der Waals surface area contributed by atoms with Crippen molar-refractivity contribution in [1.29, 1.82) is 0 Å². The van der Waals surface area contributed by atoms with Gasteiger partial charge in [0.1, 0.15) is 0 Å². The molecule has 23 heavy (non-hydrogen) atoms. The van der Waals surface area contributed by atoms with Crippen LogP contribution in [0.3, 0.4) is 0 Å². The fourth-order valence-corrected chi connectivity index (χ4v) is 2.15. The average molecular weight is 310 g/mol. The molecule has 120 valence electrons. The number of unbranched alkanes of at least 4 members (excludes halogenated alkanes) is 1. The molecule has 2 N–H and O–H groups in total. The number of benzene rings is 2. The van der Waals surface area contributed by atoms with Gasteiger partial charge in [0, 0.05) is 11.4 Å². The van der Waals surface area contributed by atoms with Crippen LogP contribution in [0.15, 0.2) is 48.5 Å². The summed E-state index contributed by atoms with van der Waals surface area (Å²) < 4.78 is 0. The second kappa shape index (κ2) is 8.13. The molecule has 2 aromatic carbocycles. The van der Waals surface area contributed by atoms with Gasteiger partial charge in [-0.3, -0.25) is 9.59 Å². The minimum absolute atomic E-state index is 0.602. The molecule has 4 heteroatoms.